The lowest BCUT2D eigenvalue weighted by atomic mass is 9.78. The summed E-state index contributed by atoms with van der Waals surface area (Å²) in [5, 5.41) is 10.1. The van der Waals surface area contributed by atoms with E-state index in [1.807, 2.05) is 18.3 Å². The Morgan fingerprint density at radius 1 is 1.25 bits per heavy atom. The molecule has 3 fully saturated rings. The van der Waals surface area contributed by atoms with Crippen molar-refractivity contribution in [3.05, 3.63) is 30.1 Å². The van der Waals surface area contributed by atoms with E-state index in [0.29, 0.717) is 11.8 Å². The van der Waals surface area contributed by atoms with E-state index in [4.69, 9.17) is 4.74 Å². The molecule has 2 aliphatic carbocycles. The zero-order valence-corrected chi connectivity index (χ0v) is 11.9. The average molecular weight is 273 g/mol. The molecule has 0 amide bonds. The van der Waals surface area contributed by atoms with E-state index in [0.717, 1.165) is 25.1 Å². The molecule has 3 atom stereocenters. The van der Waals surface area contributed by atoms with Crippen molar-refractivity contribution in [1.82, 2.24) is 4.98 Å². The number of nitrogens with zero attached hydrogens (tertiary/aromatic N) is 1. The Morgan fingerprint density at radius 3 is 2.80 bits per heavy atom. The van der Waals surface area contributed by atoms with Crippen molar-refractivity contribution in [2.45, 2.75) is 49.5 Å². The minimum Gasteiger partial charge on any atom is -0.395 e. The molecule has 1 aliphatic heterocycles. The van der Waals surface area contributed by atoms with Crippen LogP contribution in [-0.4, -0.2) is 28.9 Å². The van der Waals surface area contributed by atoms with Crippen LogP contribution in [-0.2, 0) is 10.2 Å². The Hall–Kier alpha value is -0.930. The number of hydrogen-bond acceptors (Lipinski definition) is 3. The van der Waals surface area contributed by atoms with Gasteiger partial charge in [-0.25, -0.2) is 0 Å². The predicted molar refractivity (Wildman–Crippen MR) is 76.4 cm³/mol. The molecule has 2 saturated carbocycles. The molecule has 0 aromatic carbocycles. The van der Waals surface area contributed by atoms with Crippen LogP contribution in [0.1, 0.15) is 44.2 Å². The first kappa shape index (κ1) is 12.8. The van der Waals surface area contributed by atoms with Gasteiger partial charge in [-0.05, 0) is 49.7 Å². The van der Waals surface area contributed by atoms with Gasteiger partial charge in [0.2, 0.25) is 0 Å². The molecule has 1 spiro atoms. The minimum absolute atomic E-state index is 0.129. The fourth-order valence-corrected chi connectivity index (χ4v) is 5.07. The van der Waals surface area contributed by atoms with Crippen molar-refractivity contribution in [3.8, 4) is 0 Å². The van der Waals surface area contributed by atoms with Crippen LogP contribution >= 0.6 is 0 Å². The quantitative estimate of drug-likeness (QED) is 0.901. The van der Waals surface area contributed by atoms with Gasteiger partial charge in [-0.15, -0.1) is 0 Å². The van der Waals surface area contributed by atoms with Crippen molar-refractivity contribution >= 4 is 0 Å². The van der Waals surface area contributed by atoms with Gasteiger partial charge in [0.05, 0.1) is 18.8 Å². The number of fused-ring (bicyclic) bond motifs is 2. The van der Waals surface area contributed by atoms with Crippen LogP contribution < -0.4 is 0 Å². The maximum Gasteiger partial charge on any atom is 0.0714 e. The Morgan fingerprint density at radius 2 is 2.10 bits per heavy atom. The lowest BCUT2D eigenvalue weighted by Gasteiger charge is -2.33. The van der Waals surface area contributed by atoms with Crippen LogP contribution in [0.5, 0.6) is 0 Å². The molecular weight excluding hydrogens is 250 g/mol. The molecular formula is C17H23NO2. The van der Waals surface area contributed by atoms with Crippen LogP contribution in [0.3, 0.4) is 0 Å². The van der Waals surface area contributed by atoms with E-state index in [9.17, 15) is 5.11 Å². The second-order valence-electron chi connectivity index (χ2n) is 7.01. The first-order valence-electron chi connectivity index (χ1n) is 7.94. The fraction of sp³-hybridized carbons (Fsp3) is 0.706. The average Bonchev–Trinajstić information content (AvgIpc) is 3.19. The SMILES string of the molecule is OCC1(c2ccccn2)CC2COC3(CCCC3)C2C1. The molecule has 1 aromatic rings. The summed E-state index contributed by atoms with van der Waals surface area (Å²) in [6.07, 6.45) is 8.98. The van der Waals surface area contributed by atoms with E-state index < -0.39 is 0 Å². The molecule has 0 bridgehead atoms. The molecule has 4 rings (SSSR count). The van der Waals surface area contributed by atoms with E-state index in [1.165, 1.54) is 25.7 Å². The monoisotopic (exact) mass is 273 g/mol. The van der Waals surface area contributed by atoms with E-state index >= 15 is 0 Å². The number of hydrogen-bond donors (Lipinski definition) is 1. The first-order valence-corrected chi connectivity index (χ1v) is 7.94. The van der Waals surface area contributed by atoms with Crippen LogP contribution in [0, 0.1) is 11.8 Å². The Bertz CT molecular complexity index is 483. The van der Waals surface area contributed by atoms with Crippen LogP contribution in [0.4, 0.5) is 0 Å². The van der Waals surface area contributed by atoms with E-state index in [1.54, 1.807) is 0 Å². The van der Waals surface area contributed by atoms with E-state index in [-0.39, 0.29) is 17.6 Å². The normalized spacial score (nSPS) is 38.5. The summed E-state index contributed by atoms with van der Waals surface area (Å²) < 4.78 is 6.24. The molecule has 3 heteroatoms. The highest BCUT2D eigenvalue weighted by Gasteiger charge is 2.59. The van der Waals surface area contributed by atoms with Crippen molar-refractivity contribution < 1.29 is 9.84 Å². The molecule has 1 aromatic heterocycles. The molecule has 1 saturated heterocycles. The molecule has 20 heavy (non-hydrogen) atoms. The summed E-state index contributed by atoms with van der Waals surface area (Å²) in [7, 11) is 0. The summed E-state index contributed by atoms with van der Waals surface area (Å²) in [5.41, 5.74) is 1.08. The fourth-order valence-electron chi connectivity index (χ4n) is 5.07. The van der Waals surface area contributed by atoms with Crippen LogP contribution in [0.2, 0.25) is 0 Å². The van der Waals surface area contributed by atoms with Gasteiger partial charge in [-0.2, -0.15) is 0 Å². The second-order valence-corrected chi connectivity index (χ2v) is 7.01. The molecule has 1 N–H and O–H groups in total. The maximum absolute atomic E-state index is 10.1. The van der Waals surface area contributed by atoms with Gasteiger partial charge in [0.25, 0.3) is 0 Å². The van der Waals surface area contributed by atoms with Crippen molar-refractivity contribution in [2.24, 2.45) is 11.8 Å². The first-order chi connectivity index (χ1) is 9.78. The second kappa shape index (κ2) is 4.54. The number of pyridine rings is 1. The van der Waals surface area contributed by atoms with Crippen molar-refractivity contribution in [2.75, 3.05) is 13.2 Å². The Kier molecular flexibility index (Phi) is 2.90. The lowest BCUT2D eigenvalue weighted by molar-refractivity contribution is -0.0246. The van der Waals surface area contributed by atoms with Crippen molar-refractivity contribution in [1.29, 1.82) is 0 Å². The third kappa shape index (κ3) is 1.69. The third-order valence-corrected chi connectivity index (χ3v) is 6.05. The minimum atomic E-state index is -0.129. The largest absolute Gasteiger partial charge is 0.395 e. The van der Waals surface area contributed by atoms with Gasteiger partial charge < -0.3 is 9.84 Å². The van der Waals surface area contributed by atoms with Gasteiger partial charge in [0.15, 0.2) is 0 Å². The zero-order chi connectivity index (χ0) is 13.6. The van der Waals surface area contributed by atoms with Crippen LogP contribution in [0.15, 0.2) is 24.4 Å². The predicted octanol–water partition coefficient (Wildman–Crippen LogP) is 2.68. The number of aromatic nitrogens is 1. The van der Waals surface area contributed by atoms with Gasteiger partial charge in [0, 0.05) is 17.3 Å². The highest BCUT2D eigenvalue weighted by molar-refractivity contribution is 5.23. The molecule has 3 unspecified atom stereocenters. The summed E-state index contributed by atoms with van der Waals surface area (Å²) >= 11 is 0. The maximum atomic E-state index is 10.1. The Labute approximate surface area is 120 Å². The molecule has 3 aliphatic rings. The number of ether oxygens (including phenoxy) is 1. The van der Waals surface area contributed by atoms with Gasteiger partial charge in [-0.1, -0.05) is 18.9 Å². The van der Waals surface area contributed by atoms with Gasteiger partial charge in [-0.3, -0.25) is 4.98 Å². The standard InChI is InChI=1S/C17H23NO2/c19-12-16(15-5-1-4-8-18-15)9-13-11-20-17(14(13)10-16)6-2-3-7-17/h1,4-5,8,13-14,19H,2-3,6-7,9-12H2. The topological polar surface area (TPSA) is 42.4 Å². The molecule has 108 valence electrons. The lowest BCUT2D eigenvalue weighted by Crippen LogP contribution is -2.36. The molecule has 2 heterocycles. The summed E-state index contributed by atoms with van der Waals surface area (Å²) in [6.45, 7) is 1.10. The smallest absolute Gasteiger partial charge is 0.0714 e. The summed E-state index contributed by atoms with van der Waals surface area (Å²) in [5.74, 6) is 1.24. The molecule has 0 radical (unpaired) electrons. The third-order valence-electron chi connectivity index (χ3n) is 6.05. The van der Waals surface area contributed by atoms with Crippen molar-refractivity contribution in [3.63, 3.8) is 0 Å². The molecule has 3 nitrogen and oxygen atoms in total. The van der Waals surface area contributed by atoms with E-state index in [2.05, 4.69) is 11.1 Å². The highest BCUT2D eigenvalue weighted by Crippen LogP contribution is 2.59. The summed E-state index contributed by atoms with van der Waals surface area (Å²) in [4.78, 5) is 4.55. The number of rotatable bonds is 2. The Balaban J connectivity index is 1.66. The van der Waals surface area contributed by atoms with Gasteiger partial charge >= 0.3 is 0 Å². The highest BCUT2D eigenvalue weighted by atomic mass is 16.5. The summed E-state index contributed by atoms with van der Waals surface area (Å²) in [6, 6.07) is 6.07. The number of aliphatic hydroxyl groups excluding tert-OH is 1. The zero-order valence-electron chi connectivity index (χ0n) is 11.9. The number of aliphatic hydroxyl groups is 1. The van der Waals surface area contributed by atoms with Gasteiger partial charge in [0.1, 0.15) is 0 Å². The van der Waals surface area contributed by atoms with Crippen LogP contribution in [0.25, 0.3) is 0 Å².